The van der Waals surface area contributed by atoms with Gasteiger partial charge in [0.25, 0.3) is 5.91 Å². The molecule has 0 aliphatic carbocycles. The summed E-state index contributed by atoms with van der Waals surface area (Å²) >= 11 is 0. The molecule has 1 amide bonds. The van der Waals surface area contributed by atoms with E-state index < -0.39 is 10.0 Å². The van der Waals surface area contributed by atoms with Gasteiger partial charge in [-0.15, -0.1) is 0 Å². The summed E-state index contributed by atoms with van der Waals surface area (Å²) in [5, 5.41) is 2.90. The molecule has 0 bridgehead atoms. The number of benzene rings is 2. The number of anilines is 3. The largest absolute Gasteiger partial charge is 0.378 e. The van der Waals surface area contributed by atoms with E-state index in [0.29, 0.717) is 11.3 Å². The summed E-state index contributed by atoms with van der Waals surface area (Å²) in [6.45, 7) is 1.72. The number of hydrogen-bond acceptors (Lipinski definition) is 5. The average molecular weight is 417 g/mol. The Kier molecular flexibility index (Phi) is 6.14. The zero-order valence-corrected chi connectivity index (χ0v) is 18.2. The number of carbonyl (C=O) groups excluding carboxylic acids is 1. The number of sulfonamides is 1. The van der Waals surface area contributed by atoms with Gasteiger partial charge >= 0.3 is 0 Å². The van der Waals surface area contributed by atoms with Crippen LogP contribution in [0.2, 0.25) is 0 Å². The summed E-state index contributed by atoms with van der Waals surface area (Å²) in [5.41, 5.74) is 2.82. The molecule has 0 unspecified atom stereocenters. The van der Waals surface area contributed by atoms with Crippen molar-refractivity contribution < 1.29 is 13.2 Å². The van der Waals surface area contributed by atoms with Crippen LogP contribution < -0.4 is 15.1 Å². The lowest BCUT2D eigenvalue weighted by molar-refractivity contribution is 0.102. The molecule has 1 aliphatic rings. The van der Waals surface area contributed by atoms with Crippen molar-refractivity contribution in [3.05, 3.63) is 48.0 Å². The van der Waals surface area contributed by atoms with Gasteiger partial charge in [0, 0.05) is 58.3 Å². The normalized spacial score (nSPS) is 14.3. The molecular weight excluding hydrogens is 388 g/mol. The van der Waals surface area contributed by atoms with Gasteiger partial charge in [-0.05, 0) is 55.3 Å². The van der Waals surface area contributed by atoms with E-state index in [-0.39, 0.29) is 10.8 Å². The lowest BCUT2D eigenvalue weighted by atomic mass is 10.1. The van der Waals surface area contributed by atoms with Gasteiger partial charge < -0.3 is 15.1 Å². The van der Waals surface area contributed by atoms with Crippen molar-refractivity contribution in [2.75, 3.05) is 56.4 Å². The second kappa shape index (κ2) is 8.42. The lowest BCUT2D eigenvalue weighted by Crippen LogP contribution is -2.25. The fraction of sp³-hybridized carbons (Fsp3) is 0.381. The first-order valence-corrected chi connectivity index (χ1v) is 11.0. The smallest absolute Gasteiger partial charge is 0.257 e. The summed E-state index contributed by atoms with van der Waals surface area (Å²) in [4.78, 5) is 17.3. The highest BCUT2D eigenvalue weighted by atomic mass is 32.2. The van der Waals surface area contributed by atoms with E-state index in [1.54, 1.807) is 12.1 Å². The molecule has 2 aromatic carbocycles. The molecule has 3 rings (SSSR count). The van der Waals surface area contributed by atoms with Gasteiger partial charge in [-0.25, -0.2) is 12.7 Å². The second-order valence-corrected chi connectivity index (χ2v) is 9.71. The van der Waals surface area contributed by atoms with Crippen molar-refractivity contribution in [3.63, 3.8) is 0 Å². The first-order valence-electron chi connectivity index (χ1n) is 9.60. The van der Waals surface area contributed by atoms with E-state index in [9.17, 15) is 13.2 Å². The molecule has 7 nitrogen and oxygen atoms in total. The number of nitrogens with one attached hydrogen (secondary N) is 1. The van der Waals surface area contributed by atoms with Crippen molar-refractivity contribution in [3.8, 4) is 0 Å². The number of rotatable bonds is 6. The summed E-state index contributed by atoms with van der Waals surface area (Å²) < 4.78 is 26.3. The monoisotopic (exact) mass is 416 g/mol. The topological polar surface area (TPSA) is 73.0 Å². The van der Waals surface area contributed by atoms with Crippen LogP contribution in [0.1, 0.15) is 23.2 Å². The Balaban J connectivity index is 1.96. The molecule has 1 fully saturated rings. The van der Waals surface area contributed by atoms with Crippen LogP contribution in [0.3, 0.4) is 0 Å². The molecule has 0 spiro atoms. The molecule has 0 aromatic heterocycles. The van der Waals surface area contributed by atoms with E-state index in [1.807, 2.05) is 43.3 Å². The van der Waals surface area contributed by atoms with Crippen LogP contribution in [0.5, 0.6) is 0 Å². The maximum Gasteiger partial charge on any atom is 0.257 e. The zero-order valence-electron chi connectivity index (χ0n) is 17.3. The molecule has 1 N–H and O–H groups in total. The standard InChI is InChI=1S/C21H28N4O3S/c1-23(2)17-9-7-16(8-10-17)22-21(26)19-15-18(29(27,28)24(3)4)11-12-20(19)25-13-5-6-14-25/h7-12,15H,5-6,13-14H2,1-4H3,(H,22,26). The van der Waals surface area contributed by atoms with Crippen molar-refractivity contribution >= 4 is 33.0 Å². The van der Waals surface area contributed by atoms with Crippen LogP contribution in [0.25, 0.3) is 0 Å². The van der Waals surface area contributed by atoms with Crippen LogP contribution in [0, 0.1) is 0 Å². The Morgan fingerprint density at radius 2 is 1.59 bits per heavy atom. The predicted octanol–water partition coefficient (Wildman–Crippen LogP) is 2.86. The Morgan fingerprint density at radius 3 is 2.14 bits per heavy atom. The van der Waals surface area contributed by atoms with E-state index in [0.717, 1.165) is 41.6 Å². The third-order valence-electron chi connectivity index (χ3n) is 5.08. The Labute approximate surface area is 173 Å². The van der Waals surface area contributed by atoms with Gasteiger partial charge in [0.1, 0.15) is 0 Å². The Morgan fingerprint density at radius 1 is 0.966 bits per heavy atom. The molecule has 0 atom stereocenters. The third-order valence-corrected chi connectivity index (χ3v) is 6.89. The quantitative estimate of drug-likeness (QED) is 0.784. The fourth-order valence-electron chi connectivity index (χ4n) is 3.34. The minimum absolute atomic E-state index is 0.110. The van der Waals surface area contributed by atoms with Crippen molar-refractivity contribution in [2.45, 2.75) is 17.7 Å². The SMILES string of the molecule is CN(C)c1ccc(NC(=O)c2cc(S(=O)(=O)N(C)C)ccc2N2CCCC2)cc1. The minimum Gasteiger partial charge on any atom is -0.378 e. The maximum atomic E-state index is 13.1. The Bertz CT molecular complexity index is 979. The minimum atomic E-state index is -3.63. The highest BCUT2D eigenvalue weighted by Crippen LogP contribution is 2.29. The first-order chi connectivity index (χ1) is 13.7. The van der Waals surface area contributed by atoms with Crippen molar-refractivity contribution in [2.24, 2.45) is 0 Å². The second-order valence-electron chi connectivity index (χ2n) is 7.56. The molecule has 1 aliphatic heterocycles. The molecule has 0 saturated carbocycles. The van der Waals surface area contributed by atoms with Gasteiger partial charge in [0.2, 0.25) is 10.0 Å². The number of nitrogens with zero attached hydrogens (tertiary/aromatic N) is 3. The summed E-state index contributed by atoms with van der Waals surface area (Å²) in [6, 6.07) is 12.3. The molecule has 1 heterocycles. The van der Waals surface area contributed by atoms with Gasteiger partial charge in [-0.2, -0.15) is 0 Å². The third kappa shape index (κ3) is 4.54. The van der Waals surface area contributed by atoms with Gasteiger partial charge in [0.15, 0.2) is 0 Å². The molecule has 0 radical (unpaired) electrons. The van der Waals surface area contributed by atoms with Crippen LogP contribution in [0.4, 0.5) is 17.1 Å². The lowest BCUT2D eigenvalue weighted by Gasteiger charge is -2.22. The van der Waals surface area contributed by atoms with E-state index >= 15 is 0 Å². The van der Waals surface area contributed by atoms with Gasteiger partial charge in [-0.1, -0.05) is 0 Å². The number of hydrogen-bond donors (Lipinski definition) is 1. The predicted molar refractivity (Wildman–Crippen MR) is 117 cm³/mol. The van der Waals surface area contributed by atoms with Gasteiger partial charge in [-0.3, -0.25) is 4.79 Å². The van der Waals surface area contributed by atoms with Crippen molar-refractivity contribution in [1.29, 1.82) is 0 Å². The van der Waals surface area contributed by atoms with Gasteiger partial charge in [0.05, 0.1) is 10.5 Å². The van der Waals surface area contributed by atoms with Crippen molar-refractivity contribution in [1.82, 2.24) is 4.31 Å². The van der Waals surface area contributed by atoms with Crippen LogP contribution in [-0.4, -0.2) is 59.9 Å². The molecular formula is C21H28N4O3S. The number of carbonyl (C=O) groups is 1. The summed E-state index contributed by atoms with van der Waals surface area (Å²) in [7, 11) is 3.23. The maximum absolute atomic E-state index is 13.1. The molecule has 156 valence electrons. The van der Waals surface area contributed by atoms with Crippen LogP contribution in [0.15, 0.2) is 47.4 Å². The average Bonchev–Trinajstić information content (AvgIpc) is 3.22. The fourth-order valence-corrected chi connectivity index (χ4v) is 4.27. The highest BCUT2D eigenvalue weighted by molar-refractivity contribution is 7.89. The first kappa shape index (κ1) is 21.1. The Hall–Kier alpha value is -2.58. The summed E-state index contributed by atoms with van der Waals surface area (Å²) in [5.74, 6) is -0.319. The van der Waals surface area contributed by atoms with E-state index in [2.05, 4.69) is 10.2 Å². The zero-order chi connectivity index (χ0) is 21.2. The van der Waals surface area contributed by atoms with Crippen LogP contribution >= 0.6 is 0 Å². The molecule has 1 saturated heterocycles. The molecule has 8 heteroatoms. The highest BCUT2D eigenvalue weighted by Gasteiger charge is 2.24. The molecule has 2 aromatic rings. The van der Waals surface area contributed by atoms with E-state index in [1.165, 1.54) is 20.2 Å². The van der Waals surface area contributed by atoms with Crippen LogP contribution in [-0.2, 0) is 10.0 Å². The van der Waals surface area contributed by atoms with E-state index in [4.69, 9.17) is 0 Å². The number of amides is 1. The molecule has 29 heavy (non-hydrogen) atoms. The summed E-state index contributed by atoms with van der Waals surface area (Å²) in [6.07, 6.45) is 2.12.